The summed E-state index contributed by atoms with van der Waals surface area (Å²) in [5.41, 5.74) is 0. The van der Waals surface area contributed by atoms with E-state index in [2.05, 4.69) is 17.4 Å². The summed E-state index contributed by atoms with van der Waals surface area (Å²) in [7, 11) is 7.29. The number of quaternary nitrogens is 1. The Morgan fingerprint density at radius 3 is 2.20 bits per heavy atom. The van der Waals surface area contributed by atoms with E-state index in [1.807, 2.05) is 21.1 Å². The molecule has 0 aliphatic rings. The first-order valence-electron chi connectivity index (χ1n) is 6.46. The molecule has 5 nitrogen and oxygen atoms in total. The molecule has 0 aliphatic heterocycles. The molecule has 0 rings (SSSR count). The fraction of sp³-hybridized carbons (Fsp3) is 0.846. The first-order valence-corrected chi connectivity index (χ1v) is 7.09. The lowest BCUT2D eigenvalue weighted by atomic mass is 10.2. The van der Waals surface area contributed by atoms with E-state index >= 15 is 0 Å². The standard InChI is InChI=1S/C13H25NO4S.ClH/c1-14(2,3)10-11(9-13(16)17-4)18-12(15)7-5-6-8-19;/h11H,5-10H2,1-4H3;1H/t11-;/m1./s1. The number of hydrogen-bond donors (Lipinski definition) is 1. The van der Waals surface area contributed by atoms with E-state index in [0.29, 0.717) is 17.4 Å². The molecule has 7 heteroatoms. The highest BCUT2D eigenvalue weighted by Gasteiger charge is 2.25. The average Bonchev–Trinajstić information content (AvgIpc) is 2.26. The summed E-state index contributed by atoms with van der Waals surface area (Å²) in [4.78, 5) is 23.0. The molecule has 0 heterocycles. The smallest absolute Gasteiger partial charge is 0.309 e. The van der Waals surface area contributed by atoms with Crippen LogP contribution in [0.5, 0.6) is 0 Å². The van der Waals surface area contributed by atoms with Crippen molar-refractivity contribution < 1.29 is 36.0 Å². The fourth-order valence-electron chi connectivity index (χ4n) is 1.65. The van der Waals surface area contributed by atoms with E-state index in [4.69, 9.17) is 4.74 Å². The zero-order valence-corrected chi connectivity index (χ0v) is 14.4. The van der Waals surface area contributed by atoms with Gasteiger partial charge in [0.2, 0.25) is 0 Å². The van der Waals surface area contributed by atoms with Gasteiger partial charge in [0.15, 0.2) is 6.10 Å². The van der Waals surface area contributed by atoms with Crippen LogP contribution in [0.4, 0.5) is 0 Å². The number of carbonyl (C=O) groups is 2. The number of hydrogen-bond acceptors (Lipinski definition) is 5. The minimum atomic E-state index is -0.434. The first-order chi connectivity index (χ1) is 8.78. The lowest BCUT2D eigenvalue weighted by Gasteiger charge is -2.28. The van der Waals surface area contributed by atoms with Crippen molar-refractivity contribution in [2.75, 3.05) is 40.6 Å². The summed E-state index contributed by atoms with van der Waals surface area (Å²) in [6, 6.07) is 0. The summed E-state index contributed by atoms with van der Waals surface area (Å²) >= 11 is 4.09. The van der Waals surface area contributed by atoms with E-state index in [1.165, 1.54) is 7.11 Å². The van der Waals surface area contributed by atoms with Gasteiger partial charge in [-0.05, 0) is 18.6 Å². The molecule has 0 aromatic heterocycles. The third-order valence-electron chi connectivity index (χ3n) is 2.46. The summed E-state index contributed by atoms with van der Waals surface area (Å²) in [5, 5.41) is 0. The molecule has 0 aliphatic carbocycles. The summed E-state index contributed by atoms with van der Waals surface area (Å²) in [6.45, 7) is 0.577. The Morgan fingerprint density at radius 2 is 1.75 bits per heavy atom. The van der Waals surface area contributed by atoms with Crippen LogP contribution < -0.4 is 12.4 Å². The average molecular weight is 328 g/mol. The Bertz CT molecular complexity index is 295. The number of methoxy groups -OCH3 is 1. The van der Waals surface area contributed by atoms with Crippen LogP contribution in [0.2, 0.25) is 0 Å². The Labute approximate surface area is 133 Å². The third-order valence-corrected chi connectivity index (χ3v) is 2.78. The van der Waals surface area contributed by atoms with Crippen molar-refractivity contribution in [3.63, 3.8) is 0 Å². The molecule has 0 unspecified atom stereocenters. The largest absolute Gasteiger partial charge is 1.00 e. The van der Waals surface area contributed by atoms with Gasteiger partial charge >= 0.3 is 11.9 Å². The lowest BCUT2D eigenvalue weighted by Crippen LogP contribution is -3.00. The van der Waals surface area contributed by atoms with Crippen LogP contribution in [0.25, 0.3) is 0 Å². The minimum Gasteiger partial charge on any atom is -1.00 e. The molecule has 20 heavy (non-hydrogen) atoms. The number of halogens is 1. The zero-order valence-electron chi connectivity index (χ0n) is 12.7. The van der Waals surface area contributed by atoms with Gasteiger partial charge in [0.1, 0.15) is 6.54 Å². The van der Waals surface area contributed by atoms with Gasteiger partial charge < -0.3 is 26.4 Å². The summed E-state index contributed by atoms with van der Waals surface area (Å²) in [6.07, 6.45) is 1.68. The predicted molar refractivity (Wildman–Crippen MR) is 77.1 cm³/mol. The van der Waals surface area contributed by atoms with E-state index in [1.54, 1.807) is 0 Å². The number of nitrogens with zero attached hydrogens (tertiary/aromatic N) is 1. The molecule has 0 saturated carbocycles. The molecule has 0 fully saturated rings. The maximum Gasteiger partial charge on any atom is 0.309 e. The molecule has 120 valence electrons. The Morgan fingerprint density at radius 1 is 1.15 bits per heavy atom. The number of carbonyl (C=O) groups excluding carboxylic acids is 2. The number of ether oxygens (including phenoxy) is 2. The molecule has 1 atom stereocenters. The highest BCUT2D eigenvalue weighted by molar-refractivity contribution is 7.80. The van der Waals surface area contributed by atoms with Crippen LogP contribution in [0.1, 0.15) is 25.7 Å². The number of thiol groups is 1. The van der Waals surface area contributed by atoms with Gasteiger partial charge in [-0.3, -0.25) is 9.59 Å². The molecule has 0 amide bonds. The molecule has 0 spiro atoms. The topological polar surface area (TPSA) is 52.6 Å². The number of rotatable bonds is 9. The summed E-state index contributed by atoms with van der Waals surface area (Å²) < 4.78 is 10.6. The van der Waals surface area contributed by atoms with Crippen LogP contribution in [0.3, 0.4) is 0 Å². The van der Waals surface area contributed by atoms with Crippen LogP contribution in [0.15, 0.2) is 0 Å². The second-order valence-electron chi connectivity index (χ2n) is 5.55. The monoisotopic (exact) mass is 327 g/mol. The van der Waals surface area contributed by atoms with E-state index in [9.17, 15) is 9.59 Å². The lowest BCUT2D eigenvalue weighted by molar-refractivity contribution is -0.873. The molecular weight excluding hydrogens is 302 g/mol. The maximum absolute atomic E-state index is 11.7. The highest BCUT2D eigenvalue weighted by Crippen LogP contribution is 2.09. The molecule has 0 saturated heterocycles. The van der Waals surface area contributed by atoms with Crippen LogP contribution in [-0.4, -0.2) is 63.1 Å². The molecule has 0 aromatic rings. The molecule has 0 radical (unpaired) electrons. The quantitative estimate of drug-likeness (QED) is 0.237. The van der Waals surface area contributed by atoms with E-state index in [-0.39, 0.29) is 30.8 Å². The van der Waals surface area contributed by atoms with Crippen molar-refractivity contribution in [3.8, 4) is 0 Å². The summed E-state index contributed by atoms with van der Waals surface area (Å²) in [5.74, 6) is 0.142. The van der Waals surface area contributed by atoms with Crippen molar-refractivity contribution in [1.29, 1.82) is 0 Å². The van der Waals surface area contributed by atoms with Gasteiger partial charge in [-0.25, -0.2) is 0 Å². The molecule has 0 N–H and O–H groups in total. The van der Waals surface area contributed by atoms with Gasteiger partial charge in [-0.2, -0.15) is 12.6 Å². The minimum absolute atomic E-state index is 0. The van der Waals surface area contributed by atoms with Gasteiger partial charge in [-0.1, -0.05) is 0 Å². The van der Waals surface area contributed by atoms with Gasteiger partial charge in [0, 0.05) is 6.42 Å². The maximum atomic E-state index is 11.7. The Balaban J connectivity index is 0. The van der Waals surface area contributed by atoms with Crippen molar-refractivity contribution in [1.82, 2.24) is 0 Å². The van der Waals surface area contributed by atoms with Crippen molar-refractivity contribution in [2.24, 2.45) is 0 Å². The van der Waals surface area contributed by atoms with E-state index in [0.717, 1.165) is 18.6 Å². The Kier molecular flexibility index (Phi) is 12.3. The van der Waals surface area contributed by atoms with Gasteiger partial charge in [0.05, 0.1) is 34.7 Å². The van der Waals surface area contributed by atoms with Crippen molar-refractivity contribution in [3.05, 3.63) is 0 Å². The second kappa shape index (κ2) is 11.2. The van der Waals surface area contributed by atoms with Gasteiger partial charge in [-0.15, -0.1) is 0 Å². The zero-order chi connectivity index (χ0) is 14.9. The highest BCUT2D eigenvalue weighted by atomic mass is 35.5. The van der Waals surface area contributed by atoms with Crippen molar-refractivity contribution in [2.45, 2.75) is 31.8 Å². The fourth-order valence-corrected chi connectivity index (χ4v) is 1.87. The van der Waals surface area contributed by atoms with Crippen LogP contribution >= 0.6 is 12.6 Å². The van der Waals surface area contributed by atoms with Gasteiger partial charge in [0.25, 0.3) is 0 Å². The van der Waals surface area contributed by atoms with Crippen LogP contribution in [0, 0.1) is 0 Å². The molecule has 0 aromatic carbocycles. The molecule has 0 bridgehead atoms. The third kappa shape index (κ3) is 12.6. The Hall–Kier alpha value is -0.460. The van der Waals surface area contributed by atoms with E-state index < -0.39 is 6.10 Å². The number of esters is 2. The number of unbranched alkanes of at least 4 members (excludes halogenated alkanes) is 1. The predicted octanol–water partition coefficient (Wildman–Crippen LogP) is -1.73. The number of likely N-dealkylation sites (N-methyl/N-ethyl adjacent to an activating group) is 1. The second-order valence-corrected chi connectivity index (χ2v) is 5.99. The SMILES string of the molecule is COC(=O)C[C@H](C[N+](C)(C)C)OC(=O)CCCCS.[Cl-]. The van der Waals surface area contributed by atoms with Crippen molar-refractivity contribution >= 4 is 24.6 Å². The van der Waals surface area contributed by atoms with Crippen LogP contribution in [-0.2, 0) is 19.1 Å². The molecular formula is C13H26ClNO4S. The first kappa shape index (κ1) is 21.8. The normalized spacial score (nSPS) is 12.2.